The molecule has 0 aliphatic rings. The first-order valence-electron chi connectivity index (χ1n) is 14.2. The number of benzene rings is 1. The van der Waals surface area contributed by atoms with Gasteiger partial charge in [-0.2, -0.15) is 0 Å². The lowest BCUT2D eigenvalue weighted by atomic mass is 10.0. The number of alkyl carbamates (subject to hydrolysis) is 1. The lowest BCUT2D eigenvalue weighted by Crippen LogP contribution is -2.51. The second-order valence-electron chi connectivity index (χ2n) is 11.0. The monoisotopic (exact) mass is 542 g/mol. The molecular weight excluding hydrogens is 496 g/mol. The summed E-state index contributed by atoms with van der Waals surface area (Å²) in [7, 11) is 0. The molecule has 216 valence electrons. The molecule has 3 amide bonds. The van der Waals surface area contributed by atoms with Crippen LogP contribution in [0.4, 0.5) is 4.79 Å². The van der Waals surface area contributed by atoms with Crippen LogP contribution in [0.1, 0.15) is 91.0 Å². The number of ether oxygens (including phenoxy) is 1. The third-order valence-electron chi connectivity index (χ3n) is 6.37. The smallest absolute Gasteiger partial charge is 0.407 e. The van der Waals surface area contributed by atoms with E-state index in [9.17, 15) is 19.2 Å². The van der Waals surface area contributed by atoms with Crippen molar-refractivity contribution in [3.8, 4) is 0 Å². The maximum absolute atomic E-state index is 13.3. The first-order valence-corrected chi connectivity index (χ1v) is 14.2. The number of aromatic nitrogens is 1. The number of rotatable bonds is 17. The molecule has 1 aromatic heterocycles. The van der Waals surface area contributed by atoms with Crippen molar-refractivity contribution in [3.63, 3.8) is 0 Å². The quantitative estimate of drug-likeness (QED) is 0.166. The Kier molecular flexibility index (Phi) is 13.5. The molecule has 4 N–H and O–H groups in total. The summed E-state index contributed by atoms with van der Waals surface area (Å²) in [4.78, 5) is 52.8. The highest BCUT2D eigenvalue weighted by Gasteiger charge is 2.25. The summed E-state index contributed by atoms with van der Waals surface area (Å²) in [6.07, 6.45) is 10.4. The van der Waals surface area contributed by atoms with E-state index < -0.39 is 29.7 Å². The summed E-state index contributed by atoms with van der Waals surface area (Å²) in [5.74, 6) is -0.625. The summed E-state index contributed by atoms with van der Waals surface area (Å²) < 4.78 is 5.20. The molecule has 0 aliphatic carbocycles. The van der Waals surface area contributed by atoms with Gasteiger partial charge in [0.15, 0.2) is 0 Å². The highest BCUT2D eigenvalue weighted by Crippen LogP contribution is 2.19. The first-order chi connectivity index (χ1) is 18.6. The van der Waals surface area contributed by atoms with Crippen LogP contribution >= 0.6 is 0 Å². The number of nitrogens with one attached hydrogen (secondary N) is 4. The van der Waals surface area contributed by atoms with Crippen LogP contribution < -0.4 is 16.0 Å². The third kappa shape index (κ3) is 12.4. The second kappa shape index (κ2) is 16.6. The van der Waals surface area contributed by atoms with Gasteiger partial charge >= 0.3 is 6.09 Å². The molecule has 2 atom stereocenters. The normalized spacial score (nSPS) is 12.9. The molecule has 0 saturated carbocycles. The van der Waals surface area contributed by atoms with Crippen molar-refractivity contribution in [1.29, 1.82) is 0 Å². The first kappa shape index (κ1) is 31.9. The zero-order valence-electron chi connectivity index (χ0n) is 23.9. The lowest BCUT2D eigenvalue weighted by molar-refractivity contribution is -0.130. The van der Waals surface area contributed by atoms with Crippen LogP contribution in [0.3, 0.4) is 0 Å². The predicted octanol–water partition coefficient (Wildman–Crippen LogP) is 4.93. The van der Waals surface area contributed by atoms with Crippen molar-refractivity contribution in [2.45, 2.75) is 110 Å². The molecule has 0 radical (unpaired) electrons. The Morgan fingerprint density at radius 2 is 1.69 bits per heavy atom. The number of hydrogen-bond acceptors (Lipinski definition) is 5. The molecule has 39 heavy (non-hydrogen) atoms. The Morgan fingerprint density at radius 1 is 1.00 bits per heavy atom. The molecule has 9 heteroatoms. The largest absolute Gasteiger partial charge is 0.444 e. The number of hydrogen-bond donors (Lipinski definition) is 4. The van der Waals surface area contributed by atoms with E-state index in [2.05, 4.69) is 27.9 Å². The third-order valence-corrected chi connectivity index (χ3v) is 6.37. The number of amides is 3. The molecule has 1 heterocycles. The average molecular weight is 543 g/mol. The summed E-state index contributed by atoms with van der Waals surface area (Å²) in [6, 6.07) is 6.10. The topological polar surface area (TPSA) is 129 Å². The number of para-hydroxylation sites is 1. The molecular formula is C30H46N4O5. The minimum atomic E-state index is -0.845. The molecule has 2 aromatic rings. The molecule has 1 aromatic carbocycles. The maximum atomic E-state index is 13.3. The van der Waals surface area contributed by atoms with Gasteiger partial charge in [-0.05, 0) is 45.2 Å². The fraction of sp³-hybridized carbons (Fsp3) is 0.600. The molecule has 0 bridgehead atoms. The highest BCUT2D eigenvalue weighted by atomic mass is 16.6. The summed E-state index contributed by atoms with van der Waals surface area (Å²) >= 11 is 0. The summed E-state index contributed by atoms with van der Waals surface area (Å²) in [5.41, 5.74) is 1.21. The van der Waals surface area contributed by atoms with Gasteiger partial charge in [-0.25, -0.2) is 4.79 Å². The van der Waals surface area contributed by atoms with Gasteiger partial charge in [0.05, 0.1) is 6.04 Å². The number of fused-ring (bicyclic) bond motifs is 1. The molecule has 0 aliphatic heterocycles. The zero-order valence-corrected chi connectivity index (χ0v) is 23.9. The van der Waals surface area contributed by atoms with Crippen LogP contribution in [-0.2, 0) is 25.5 Å². The zero-order chi connectivity index (χ0) is 28.7. The summed E-state index contributed by atoms with van der Waals surface area (Å²) in [6.45, 7) is 7.62. The van der Waals surface area contributed by atoms with Gasteiger partial charge in [0.1, 0.15) is 17.9 Å². The van der Waals surface area contributed by atoms with Crippen molar-refractivity contribution < 1.29 is 23.9 Å². The number of carbonyl (C=O) groups excluding carboxylic acids is 4. The molecule has 0 spiro atoms. The van der Waals surface area contributed by atoms with Crippen molar-refractivity contribution in [3.05, 3.63) is 36.0 Å². The van der Waals surface area contributed by atoms with Crippen LogP contribution in [0.5, 0.6) is 0 Å². The van der Waals surface area contributed by atoms with E-state index in [1.165, 1.54) is 25.7 Å². The number of aromatic amines is 1. The Labute approximate surface area is 232 Å². The molecule has 0 saturated heterocycles. The number of H-pyrrole nitrogens is 1. The minimum absolute atomic E-state index is 0.149. The van der Waals surface area contributed by atoms with E-state index in [4.69, 9.17) is 4.74 Å². The fourth-order valence-corrected chi connectivity index (χ4v) is 4.34. The number of carbonyl (C=O) groups is 4. The lowest BCUT2D eigenvalue weighted by Gasteiger charge is -2.22. The van der Waals surface area contributed by atoms with Crippen LogP contribution in [0.2, 0.25) is 0 Å². The molecule has 0 fully saturated rings. The van der Waals surface area contributed by atoms with Gasteiger partial charge in [0, 0.05) is 36.5 Å². The number of unbranched alkanes of at least 4 members (excludes halogenated alkanes) is 6. The van der Waals surface area contributed by atoms with Gasteiger partial charge < -0.3 is 30.5 Å². The second-order valence-corrected chi connectivity index (χ2v) is 11.0. The Bertz CT molecular complexity index is 1060. The van der Waals surface area contributed by atoms with Crippen molar-refractivity contribution in [2.75, 3.05) is 6.54 Å². The summed E-state index contributed by atoms with van der Waals surface area (Å²) in [5, 5.41) is 9.19. The highest BCUT2D eigenvalue weighted by molar-refractivity contribution is 5.90. The predicted molar refractivity (Wildman–Crippen MR) is 153 cm³/mol. The maximum Gasteiger partial charge on any atom is 0.407 e. The molecule has 9 nitrogen and oxygen atoms in total. The minimum Gasteiger partial charge on any atom is -0.444 e. The van der Waals surface area contributed by atoms with Crippen molar-refractivity contribution in [2.24, 2.45) is 0 Å². The Balaban J connectivity index is 1.97. The van der Waals surface area contributed by atoms with Gasteiger partial charge in [-0.3, -0.25) is 9.59 Å². The van der Waals surface area contributed by atoms with Crippen molar-refractivity contribution >= 4 is 35.1 Å². The van der Waals surface area contributed by atoms with E-state index in [0.717, 1.165) is 35.7 Å². The van der Waals surface area contributed by atoms with Gasteiger partial charge in [0.25, 0.3) is 0 Å². The Morgan fingerprint density at radius 3 is 2.38 bits per heavy atom. The van der Waals surface area contributed by atoms with Gasteiger partial charge in [-0.15, -0.1) is 0 Å². The fourth-order valence-electron chi connectivity index (χ4n) is 4.34. The van der Waals surface area contributed by atoms with Crippen LogP contribution in [0.15, 0.2) is 30.5 Å². The van der Waals surface area contributed by atoms with E-state index >= 15 is 0 Å². The van der Waals surface area contributed by atoms with Gasteiger partial charge in [0.2, 0.25) is 11.8 Å². The SMILES string of the molecule is CCCCCCCCCC(=O)NC(Cc1c[nH]c2ccccc12)C(=O)NC(C=O)CCNC(=O)OC(C)(C)C. The molecule has 2 rings (SSSR count). The van der Waals surface area contributed by atoms with Crippen LogP contribution in [0, 0.1) is 0 Å². The average Bonchev–Trinajstić information content (AvgIpc) is 3.28. The molecule has 2 unspecified atom stereocenters. The van der Waals surface area contributed by atoms with E-state index in [0.29, 0.717) is 12.7 Å². The van der Waals surface area contributed by atoms with E-state index in [-0.39, 0.29) is 25.3 Å². The Hall–Kier alpha value is -3.36. The standard InChI is InChI=1S/C30H46N4O5/c1-5-6-7-8-9-10-11-16-27(36)34-26(19-22-20-32-25-15-13-12-14-24(22)25)28(37)33-23(21-35)17-18-31-29(38)39-30(2,3)4/h12-15,20-21,23,26,32H,5-11,16-19H2,1-4H3,(H,31,38)(H,33,37)(H,34,36). The van der Waals surface area contributed by atoms with Crippen molar-refractivity contribution in [1.82, 2.24) is 20.9 Å². The van der Waals surface area contributed by atoms with Gasteiger partial charge in [-0.1, -0.05) is 63.6 Å². The number of aldehydes is 1. The van der Waals surface area contributed by atoms with Crippen LogP contribution in [0.25, 0.3) is 10.9 Å². The van der Waals surface area contributed by atoms with E-state index in [1.807, 2.05) is 30.5 Å². The van der Waals surface area contributed by atoms with Crippen LogP contribution in [-0.4, -0.2) is 53.4 Å². The van der Waals surface area contributed by atoms with E-state index in [1.54, 1.807) is 20.8 Å².